The van der Waals surface area contributed by atoms with Crippen molar-refractivity contribution in [3.63, 3.8) is 0 Å². The number of hydrogen-bond donors (Lipinski definition) is 3. The minimum Gasteiger partial charge on any atom is -0.339 e. The minimum atomic E-state index is -0.385. The van der Waals surface area contributed by atoms with Crippen LogP contribution in [0.25, 0.3) is 0 Å². The lowest BCUT2D eigenvalue weighted by Crippen LogP contribution is -2.15. The Labute approximate surface area is 150 Å². The lowest BCUT2D eigenvalue weighted by atomic mass is 10.2. The summed E-state index contributed by atoms with van der Waals surface area (Å²) in [6.45, 7) is 1.42. The average molecular weight is 347 g/mol. The number of para-hydroxylation sites is 1. The summed E-state index contributed by atoms with van der Waals surface area (Å²) in [6.07, 6.45) is 0. The van der Waals surface area contributed by atoms with E-state index >= 15 is 0 Å². The number of amides is 2. The van der Waals surface area contributed by atoms with Gasteiger partial charge in [-0.25, -0.2) is 0 Å². The van der Waals surface area contributed by atoms with E-state index in [0.717, 1.165) is 5.69 Å². The van der Waals surface area contributed by atoms with E-state index in [-0.39, 0.29) is 17.5 Å². The molecule has 26 heavy (non-hydrogen) atoms. The molecule has 0 aliphatic heterocycles. The second-order valence-electron chi connectivity index (χ2n) is 5.51. The van der Waals surface area contributed by atoms with Crippen LogP contribution in [-0.4, -0.2) is 22.0 Å². The molecule has 0 atom stereocenters. The second-order valence-corrected chi connectivity index (χ2v) is 5.51. The second kappa shape index (κ2) is 7.89. The highest BCUT2D eigenvalue weighted by atomic mass is 16.2. The molecule has 0 aliphatic rings. The Bertz CT molecular complexity index is 911. The average Bonchev–Trinajstić information content (AvgIpc) is 2.63. The fraction of sp³-hybridized carbons (Fsp3) is 0.0526. The number of hydrogen-bond acceptors (Lipinski definition) is 5. The van der Waals surface area contributed by atoms with E-state index in [1.54, 1.807) is 36.4 Å². The van der Waals surface area contributed by atoms with Crippen molar-refractivity contribution in [2.45, 2.75) is 6.92 Å². The maximum atomic E-state index is 12.3. The maximum Gasteiger partial charge on any atom is 0.276 e. The highest BCUT2D eigenvalue weighted by Crippen LogP contribution is 2.16. The Hall–Kier alpha value is -3.74. The summed E-state index contributed by atoms with van der Waals surface area (Å²) in [4.78, 5) is 23.4. The summed E-state index contributed by atoms with van der Waals surface area (Å²) < 4.78 is 0. The first kappa shape index (κ1) is 17.1. The third-order valence-electron chi connectivity index (χ3n) is 3.38. The van der Waals surface area contributed by atoms with Gasteiger partial charge in [0, 0.05) is 24.0 Å². The van der Waals surface area contributed by atoms with Crippen molar-refractivity contribution >= 4 is 34.7 Å². The fourth-order valence-electron chi connectivity index (χ4n) is 2.26. The van der Waals surface area contributed by atoms with Gasteiger partial charge >= 0.3 is 0 Å². The molecule has 3 N–H and O–H groups in total. The van der Waals surface area contributed by atoms with Crippen molar-refractivity contribution in [2.24, 2.45) is 0 Å². The predicted octanol–water partition coefficient (Wildman–Crippen LogP) is 3.43. The van der Waals surface area contributed by atoms with E-state index in [4.69, 9.17) is 0 Å². The quantitative estimate of drug-likeness (QED) is 0.657. The third-order valence-corrected chi connectivity index (χ3v) is 3.38. The first-order valence-corrected chi connectivity index (χ1v) is 7.95. The van der Waals surface area contributed by atoms with Gasteiger partial charge in [0.15, 0.2) is 11.5 Å². The Balaban J connectivity index is 1.66. The molecule has 2 aromatic carbocycles. The number of carbonyl (C=O) groups excluding carboxylic acids is 2. The van der Waals surface area contributed by atoms with Gasteiger partial charge < -0.3 is 16.0 Å². The van der Waals surface area contributed by atoms with Crippen LogP contribution < -0.4 is 16.0 Å². The van der Waals surface area contributed by atoms with Crippen LogP contribution >= 0.6 is 0 Å². The lowest BCUT2D eigenvalue weighted by molar-refractivity contribution is -0.114. The van der Waals surface area contributed by atoms with Crippen LogP contribution in [0.1, 0.15) is 17.4 Å². The zero-order valence-electron chi connectivity index (χ0n) is 14.1. The zero-order chi connectivity index (χ0) is 18.4. The van der Waals surface area contributed by atoms with Gasteiger partial charge in [-0.3, -0.25) is 9.59 Å². The third kappa shape index (κ3) is 4.64. The normalized spacial score (nSPS) is 10.0. The van der Waals surface area contributed by atoms with Crippen LogP contribution in [0.2, 0.25) is 0 Å². The van der Waals surface area contributed by atoms with Gasteiger partial charge in [-0.05, 0) is 42.5 Å². The first-order chi connectivity index (χ1) is 12.6. The number of rotatable bonds is 5. The van der Waals surface area contributed by atoms with Crippen LogP contribution in [0.5, 0.6) is 0 Å². The molecule has 0 bridgehead atoms. The Kier molecular flexibility index (Phi) is 5.19. The van der Waals surface area contributed by atoms with E-state index < -0.39 is 0 Å². The molecule has 7 nitrogen and oxygen atoms in total. The van der Waals surface area contributed by atoms with Crippen molar-refractivity contribution in [3.05, 3.63) is 72.4 Å². The Morgan fingerprint density at radius 3 is 2.12 bits per heavy atom. The van der Waals surface area contributed by atoms with Gasteiger partial charge in [-0.2, -0.15) is 0 Å². The molecule has 1 aromatic heterocycles. The van der Waals surface area contributed by atoms with Crippen LogP contribution in [0.3, 0.4) is 0 Å². The Morgan fingerprint density at radius 2 is 1.46 bits per heavy atom. The van der Waals surface area contributed by atoms with Gasteiger partial charge in [-0.15, -0.1) is 10.2 Å². The molecule has 0 radical (unpaired) electrons. The molecule has 0 unspecified atom stereocenters. The molecular formula is C19H17N5O2. The summed E-state index contributed by atoms with van der Waals surface area (Å²) in [5, 5.41) is 16.5. The van der Waals surface area contributed by atoms with Gasteiger partial charge in [0.25, 0.3) is 5.91 Å². The summed E-state index contributed by atoms with van der Waals surface area (Å²) in [7, 11) is 0. The fourth-order valence-corrected chi connectivity index (χ4v) is 2.26. The lowest BCUT2D eigenvalue weighted by Gasteiger charge is -2.08. The van der Waals surface area contributed by atoms with E-state index in [2.05, 4.69) is 26.1 Å². The molecule has 0 aliphatic carbocycles. The summed E-state index contributed by atoms with van der Waals surface area (Å²) in [5.41, 5.74) is 2.22. The van der Waals surface area contributed by atoms with Crippen molar-refractivity contribution in [3.8, 4) is 0 Å². The predicted molar refractivity (Wildman–Crippen MR) is 100 cm³/mol. The molecule has 3 aromatic rings. The van der Waals surface area contributed by atoms with E-state index in [9.17, 15) is 9.59 Å². The maximum absolute atomic E-state index is 12.3. The molecule has 1 heterocycles. The molecule has 0 saturated heterocycles. The SMILES string of the molecule is CC(=O)Nc1cccc(NC(=O)c2ccc(Nc3ccccc3)nn2)c1. The number of benzene rings is 2. The highest BCUT2D eigenvalue weighted by molar-refractivity contribution is 6.03. The molecule has 2 amide bonds. The standard InChI is InChI=1S/C19H17N5O2/c1-13(25)20-15-8-5-9-16(12-15)22-19(26)17-10-11-18(24-23-17)21-14-6-3-2-4-7-14/h2-12H,1H3,(H,20,25)(H,21,24)(H,22,26). The molecule has 0 spiro atoms. The number of carbonyl (C=O) groups is 2. The van der Waals surface area contributed by atoms with Crippen LogP contribution in [0, 0.1) is 0 Å². The monoisotopic (exact) mass is 347 g/mol. The summed E-state index contributed by atoms with van der Waals surface area (Å²) >= 11 is 0. The molecular weight excluding hydrogens is 330 g/mol. The van der Waals surface area contributed by atoms with Crippen molar-refractivity contribution in [1.82, 2.24) is 10.2 Å². The molecule has 7 heteroatoms. The number of aromatic nitrogens is 2. The van der Waals surface area contributed by atoms with Gasteiger partial charge in [0.05, 0.1) is 0 Å². The smallest absolute Gasteiger partial charge is 0.276 e. The summed E-state index contributed by atoms with van der Waals surface area (Å²) in [6, 6.07) is 19.7. The molecule has 3 rings (SSSR count). The van der Waals surface area contributed by atoms with Crippen LogP contribution in [0.15, 0.2) is 66.7 Å². The topological polar surface area (TPSA) is 96.0 Å². The van der Waals surface area contributed by atoms with Gasteiger partial charge in [-0.1, -0.05) is 24.3 Å². The largest absolute Gasteiger partial charge is 0.339 e. The zero-order valence-corrected chi connectivity index (χ0v) is 14.1. The van der Waals surface area contributed by atoms with E-state index in [1.807, 2.05) is 30.3 Å². The van der Waals surface area contributed by atoms with Crippen LogP contribution in [0.4, 0.5) is 22.9 Å². The number of nitrogens with zero attached hydrogens (tertiary/aromatic N) is 2. The number of nitrogens with one attached hydrogen (secondary N) is 3. The highest BCUT2D eigenvalue weighted by Gasteiger charge is 2.09. The molecule has 130 valence electrons. The van der Waals surface area contributed by atoms with Crippen molar-refractivity contribution in [1.29, 1.82) is 0 Å². The molecule has 0 saturated carbocycles. The van der Waals surface area contributed by atoms with Gasteiger partial charge in [0.2, 0.25) is 5.91 Å². The summed E-state index contributed by atoms with van der Waals surface area (Å²) in [5.74, 6) is -0.0232. The van der Waals surface area contributed by atoms with Crippen molar-refractivity contribution in [2.75, 3.05) is 16.0 Å². The van der Waals surface area contributed by atoms with E-state index in [1.165, 1.54) is 6.92 Å². The molecule has 0 fully saturated rings. The van der Waals surface area contributed by atoms with Crippen LogP contribution in [-0.2, 0) is 4.79 Å². The van der Waals surface area contributed by atoms with E-state index in [0.29, 0.717) is 17.2 Å². The Morgan fingerprint density at radius 1 is 0.769 bits per heavy atom. The number of anilines is 4. The van der Waals surface area contributed by atoms with Gasteiger partial charge in [0.1, 0.15) is 0 Å². The minimum absolute atomic E-state index is 0.180. The first-order valence-electron chi connectivity index (χ1n) is 7.95. The van der Waals surface area contributed by atoms with Crippen molar-refractivity contribution < 1.29 is 9.59 Å².